The fourth-order valence-electron chi connectivity index (χ4n) is 5.49. The minimum atomic E-state index is -0.813. The van der Waals surface area contributed by atoms with Gasteiger partial charge in [-0.3, -0.25) is 14.4 Å². The molecular formula is C29H36N4O4. The molecule has 0 radical (unpaired) electrons. The van der Waals surface area contributed by atoms with Gasteiger partial charge in [0.1, 0.15) is 6.04 Å². The molecule has 0 bridgehead atoms. The Kier molecular flexibility index (Phi) is 8.26. The highest BCUT2D eigenvalue weighted by molar-refractivity contribution is 6.45. The molecule has 0 spiro atoms. The van der Waals surface area contributed by atoms with Crippen molar-refractivity contribution in [2.75, 3.05) is 19.1 Å². The van der Waals surface area contributed by atoms with Crippen LogP contribution in [-0.2, 0) is 16.1 Å². The summed E-state index contributed by atoms with van der Waals surface area (Å²) in [4.78, 5) is 46.2. The summed E-state index contributed by atoms with van der Waals surface area (Å²) in [6.07, 6.45) is 7.53. The Balaban J connectivity index is 1.60. The van der Waals surface area contributed by atoms with Crippen LogP contribution in [-0.4, -0.2) is 47.3 Å². The third-order valence-corrected chi connectivity index (χ3v) is 7.53. The molecule has 2 heterocycles. The van der Waals surface area contributed by atoms with Gasteiger partial charge in [-0.2, -0.15) is 0 Å². The quantitative estimate of drug-likeness (QED) is 0.338. The van der Waals surface area contributed by atoms with Gasteiger partial charge in [-0.1, -0.05) is 50.3 Å². The Morgan fingerprint density at radius 1 is 1.14 bits per heavy atom. The Morgan fingerprint density at radius 3 is 2.51 bits per heavy atom. The lowest BCUT2D eigenvalue weighted by atomic mass is 9.84. The minimum absolute atomic E-state index is 0.272. The number of aryl methyl sites for hydroxylation is 1. The molecule has 2 amide bonds. The maximum absolute atomic E-state index is 13.6. The number of benzene rings is 1. The number of hydrogen-bond acceptors (Lipinski definition) is 5. The number of ether oxygens (including phenoxy) is 1. The maximum Gasteiger partial charge on any atom is 0.293 e. The Labute approximate surface area is 218 Å². The van der Waals surface area contributed by atoms with Gasteiger partial charge in [0.2, 0.25) is 11.8 Å². The summed E-state index contributed by atoms with van der Waals surface area (Å²) in [6, 6.07) is 10.2. The van der Waals surface area contributed by atoms with Crippen LogP contribution in [0.3, 0.4) is 0 Å². The number of para-hydroxylation sites is 1. The molecule has 1 atom stereocenters. The lowest BCUT2D eigenvalue weighted by molar-refractivity contribution is -0.125. The average molecular weight is 505 g/mol. The summed E-state index contributed by atoms with van der Waals surface area (Å²) < 4.78 is 7.15. The van der Waals surface area contributed by atoms with E-state index in [2.05, 4.69) is 10.3 Å². The smallest absolute Gasteiger partial charge is 0.293 e. The first-order valence-corrected chi connectivity index (χ1v) is 13.1. The van der Waals surface area contributed by atoms with Crippen molar-refractivity contribution in [3.63, 3.8) is 0 Å². The number of carbonyl (C=O) groups is 3. The molecule has 2 aromatic heterocycles. The van der Waals surface area contributed by atoms with Crippen LogP contribution in [0.4, 0.5) is 5.69 Å². The van der Waals surface area contributed by atoms with E-state index in [1.54, 1.807) is 25.4 Å². The third-order valence-electron chi connectivity index (χ3n) is 7.53. The van der Waals surface area contributed by atoms with E-state index in [-0.39, 0.29) is 5.91 Å². The second-order valence-electron chi connectivity index (χ2n) is 9.77. The maximum atomic E-state index is 13.6. The third kappa shape index (κ3) is 5.53. The number of fused-ring (bicyclic) bond motifs is 1. The van der Waals surface area contributed by atoms with Crippen molar-refractivity contribution < 1.29 is 19.1 Å². The summed E-state index contributed by atoms with van der Waals surface area (Å²) in [5.74, 6) is -0.867. The Bertz CT molecular complexity index is 1280. The predicted octanol–water partition coefficient (Wildman–Crippen LogP) is 4.67. The second kappa shape index (κ2) is 11.6. The zero-order valence-electron chi connectivity index (χ0n) is 22.1. The number of hydrogen-bond donors (Lipinski definition) is 1. The number of nitrogens with one attached hydrogen (secondary N) is 1. The van der Waals surface area contributed by atoms with Crippen molar-refractivity contribution in [2.24, 2.45) is 5.92 Å². The molecule has 0 aliphatic heterocycles. The molecule has 37 heavy (non-hydrogen) atoms. The molecule has 196 valence electrons. The van der Waals surface area contributed by atoms with E-state index in [0.717, 1.165) is 42.3 Å². The van der Waals surface area contributed by atoms with E-state index in [1.807, 2.05) is 42.7 Å². The summed E-state index contributed by atoms with van der Waals surface area (Å²) in [5.41, 5.74) is 2.65. The molecule has 3 aromatic rings. The van der Waals surface area contributed by atoms with E-state index < -0.39 is 17.7 Å². The van der Waals surface area contributed by atoms with Crippen LogP contribution < -0.4 is 15.0 Å². The SMILES string of the molecule is CCn1c(C)c(C(=O)C(=O)NC(CC2CCCCC2)C(=O)N(C)c2ccc(OC)nc2)c2ccccc21. The highest BCUT2D eigenvalue weighted by Crippen LogP contribution is 2.29. The van der Waals surface area contributed by atoms with Crippen LogP contribution >= 0.6 is 0 Å². The number of rotatable bonds is 9. The molecule has 1 aromatic carbocycles. The topological polar surface area (TPSA) is 93.5 Å². The van der Waals surface area contributed by atoms with Crippen molar-refractivity contribution >= 4 is 34.2 Å². The monoisotopic (exact) mass is 504 g/mol. The van der Waals surface area contributed by atoms with Crippen molar-refractivity contribution in [2.45, 2.75) is 65.0 Å². The highest BCUT2D eigenvalue weighted by atomic mass is 16.5. The number of likely N-dealkylation sites (N-methyl/N-ethyl adjacent to an activating group) is 1. The number of carbonyl (C=O) groups excluding carboxylic acids is 3. The van der Waals surface area contributed by atoms with Crippen LogP contribution in [0.2, 0.25) is 0 Å². The summed E-state index contributed by atoms with van der Waals surface area (Å²) >= 11 is 0. The number of amides is 2. The number of Topliss-reactive ketones (excluding diaryl/α,β-unsaturated/α-hetero) is 1. The molecule has 1 fully saturated rings. The molecule has 1 aliphatic rings. The van der Waals surface area contributed by atoms with Gasteiger partial charge >= 0.3 is 0 Å². The molecular weight excluding hydrogens is 468 g/mol. The average Bonchev–Trinajstić information content (AvgIpc) is 3.22. The standard InChI is InChI=1S/C29H36N4O4/c1-5-33-19(2)26(22-13-9-10-14-24(22)33)27(34)28(35)31-23(17-20-11-7-6-8-12-20)29(36)32(3)21-15-16-25(37-4)30-18-21/h9-10,13-16,18,20,23H,5-8,11-12,17H2,1-4H3,(H,31,35). The van der Waals surface area contributed by atoms with E-state index >= 15 is 0 Å². The lowest BCUT2D eigenvalue weighted by Gasteiger charge is -2.29. The van der Waals surface area contributed by atoms with Crippen LogP contribution in [0.1, 0.15) is 61.5 Å². The van der Waals surface area contributed by atoms with E-state index in [4.69, 9.17) is 4.74 Å². The molecule has 4 rings (SSSR count). The normalized spacial score (nSPS) is 14.8. The molecule has 1 aliphatic carbocycles. The van der Waals surface area contributed by atoms with Crippen LogP contribution in [0.25, 0.3) is 10.9 Å². The summed E-state index contributed by atoms with van der Waals surface area (Å²) in [7, 11) is 3.19. The van der Waals surface area contributed by atoms with E-state index in [0.29, 0.717) is 36.0 Å². The van der Waals surface area contributed by atoms with Crippen LogP contribution in [0.5, 0.6) is 5.88 Å². The van der Waals surface area contributed by atoms with Crippen molar-refractivity contribution in [3.05, 3.63) is 53.9 Å². The fourth-order valence-corrected chi connectivity index (χ4v) is 5.49. The number of aromatic nitrogens is 2. The first-order chi connectivity index (χ1) is 17.8. The predicted molar refractivity (Wildman–Crippen MR) is 144 cm³/mol. The number of nitrogens with zero attached hydrogens (tertiary/aromatic N) is 3. The van der Waals surface area contributed by atoms with Crippen molar-refractivity contribution in [1.82, 2.24) is 14.9 Å². The highest BCUT2D eigenvalue weighted by Gasteiger charge is 2.32. The van der Waals surface area contributed by atoms with Gasteiger partial charge in [-0.15, -0.1) is 0 Å². The Hall–Kier alpha value is -3.68. The zero-order chi connectivity index (χ0) is 26.5. The van der Waals surface area contributed by atoms with Gasteiger partial charge in [0.15, 0.2) is 0 Å². The van der Waals surface area contributed by atoms with Gasteiger partial charge in [0.05, 0.1) is 24.6 Å². The number of pyridine rings is 1. The zero-order valence-corrected chi connectivity index (χ0v) is 22.1. The van der Waals surface area contributed by atoms with Gasteiger partial charge in [0, 0.05) is 36.3 Å². The molecule has 0 saturated heterocycles. The molecule has 1 N–H and O–H groups in total. The molecule has 1 unspecified atom stereocenters. The molecule has 8 nitrogen and oxygen atoms in total. The van der Waals surface area contributed by atoms with Gasteiger partial charge in [-0.05, 0) is 38.3 Å². The number of ketones is 1. The fraction of sp³-hybridized carbons (Fsp3) is 0.448. The largest absolute Gasteiger partial charge is 0.481 e. The number of anilines is 1. The van der Waals surface area contributed by atoms with Gasteiger partial charge in [0.25, 0.3) is 11.7 Å². The van der Waals surface area contributed by atoms with E-state index in [1.165, 1.54) is 18.4 Å². The molecule has 8 heteroatoms. The van der Waals surface area contributed by atoms with Crippen LogP contribution in [0.15, 0.2) is 42.6 Å². The lowest BCUT2D eigenvalue weighted by Crippen LogP contribution is -2.50. The van der Waals surface area contributed by atoms with E-state index in [9.17, 15) is 14.4 Å². The first-order valence-electron chi connectivity index (χ1n) is 13.1. The summed E-state index contributed by atoms with van der Waals surface area (Å²) in [5, 5.41) is 3.57. The molecule has 1 saturated carbocycles. The first kappa shape index (κ1) is 26.4. The summed E-state index contributed by atoms with van der Waals surface area (Å²) in [6.45, 7) is 4.56. The Morgan fingerprint density at radius 2 is 1.86 bits per heavy atom. The number of methoxy groups -OCH3 is 1. The van der Waals surface area contributed by atoms with Crippen molar-refractivity contribution in [3.8, 4) is 5.88 Å². The van der Waals surface area contributed by atoms with Gasteiger partial charge < -0.3 is 19.5 Å². The second-order valence-corrected chi connectivity index (χ2v) is 9.77. The minimum Gasteiger partial charge on any atom is -0.481 e. The van der Waals surface area contributed by atoms with Crippen LogP contribution in [0, 0.1) is 12.8 Å². The van der Waals surface area contributed by atoms with Crippen molar-refractivity contribution in [1.29, 1.82) is 0 Å². The van der Waals surface area contributed by atoms with Gasteiger partial charge in [-0.25, -0.2) is 4.98 Å².